The molecule has 0 aliphatic carbocycles. The van der Waals surface area contributed by atoms with Gasteiger partial charge in [0.25, 0.3) is 0 Å². The van der Waals surface area contributed by atoms with Crippen LogP contribution in [0.4, 0.5) is 0 Å². The number of aromatic amines is 1. The summed E-state index contributed by atoms with van der Waals surface area (Å²) >= 11 is 6.66. The molecule has 0 radical (unpaired) electrons. The number of aromatic nitrogens is 2. The average Bonchev–Trinajstić information content (AvgIpc) is 1.98. The quantitative estimate of drug-likeness (QED) is 0.439. The second-order valence-corrected chi connectivity index (χ2v) is 4.32. The minimum absolute atomic E-state index is 0. The molecule has 0 spiro atoms. The molecule has 0 bridgehead atoms. The molecule has 6 heteroatoms. The summed E-state index contributed by atoms with van der Waals surface area (Å²) in [7, 11) is 0. The van der Waals surface area contributed by atoms with Crippen LogP contribution in [0.25, 0.3) is 0 Å². The van der Waals surface area contributed by atoms with Gasteiger partial charge in [-0.3, -0.25) is 5.10 Å². The number of H-pyrrole nitrogens is 1. The van der Waals surface area contributed by atoms with E-state index in [1.54, 1.807) is 0 Å². The van der Waals surface area contributed by atoms with Crippen LogP contribution in [0, 0.1) is 11.0 Å². The molecule has 0 unspecified atom stereocenters. The van der Waals surface area contributed by atoms with Crippen LogP contribution in [0.3, 0.4) is 0 Å². The van der Waals surface area contributed by atoms with E-state index in [-0.39, 0.29) is 51.4 Å². The molecule has 0 aliphatic rings. The Hall–Kier alpha value is 3.04. The van der Waals surface area contributed by atoms with Crippen LogP contribution >= 0.6 is 67.8 Å². The van der Waals surface area contributed by atoms with Crippen molar-refractivity contribution < 1.29 is 0 Å². The van der Waals surface area contributed by atoms with E-state index >= 15 is 0 Å². The fraction of sp³-hybridized carbons (Fsp3) is 0. The zero-order valence-electron chi connectivity index (χ0n) is 3.58. The Bertz CT molecular complexity index is 179. The summed E-state index contributed by atoms with van der Waals surface area (Å²) in [4.78, 5) is 0. The van der Waals surface area contributed by atoms with Crippen molar-refractivity contribution in [3.63, 3.8) is 0 Å². The Labute approximate surface area is 137 Å². The van der Waals surface area contributed by atoms with Crippen molar-refractivity contribution in [1.82, 2.24) is 10.2 Å². The minimum atomic E-state index is 0. The van der Waals surface area contributed by atoms with E-state index in [1.807, 2.05) is 0 Å². The molecule has 0 amide bonds. The van der Waals surface area contributed by atoms with Crippen LogP contribution in [-0.2, 0) is 0 Å². The van der Waals surface area contributed by atoms with Crippen molar-refractivity contribution >= 4 is 119 Å². The molecule has 46 valence electrons. The van der Waals surface area contributed by atoms with Gasteiger partial charge < -0.3 is 0 Å². The summed E-state index contributed by atoms with van der Waals surface area (Å²) in [6.45, 7) is 0. The molecule has 1 rings (SSSR count). The predicted molar refractivity (Wildman–Crippen MR) is 63.9 cm³/mol. The van der Waals surface area contributed by atoms with Gasteiger partial charge in [-0.15, -0.1) is 0 Å². The second kappa shape index (κ2) is 5.64. The SMILES string of the molecule is Ic1n[nH]c(I)c1I.[KH]. The normalized spacial score (nSPS) is 8.78. The van der Waals surface area contributed by atoms with Gasteiger partial charge in [0.1, 0.15) is 7.40 Å². The summed E-state index contributed by atoms with van der Waals surface area (Å²) in [5, 5.41) is 6.82. The zero-order valence-corrected chi connectivity index (χ0v) is 10.1. The molecule has 0 aromatic carbocycles. The Morgan fingerprint density at radius 2 is 1.78 bits per heavy atom. The zero-order chi connectivity index (χ0) is 6.15. The molecule has 1 aromatic heterocycles. The first kappa shape index (κ1) is 12.0. The molecule has 0 atom stereocenters. The van der Waals surface area contributed by atoms with Gasteiger partial charge in [-0.05, 0) is 67.8 Å². The Balaban J connectivity index is 0.000000640. The third kappa shape index (κ3) is 3.50. The third-order valence-electron chi connectivity index (χ3n) is 0.626. The predicted octanol–water partition coefficient (Wildman–Crippen LogP) is 1.57. The average molecular weight is 486 g/mol. The van der Waals surface area contributed by atoms with Crippen LogP contribution in [0.5, 0.6) is 0 Å². The number of nitrogens with one attached hydrogen (secondary N) is 1. The van der Waals surface area contributed by atoms with Crippen LogP contribution < -0.4 is 0 Å². The number of hydrogen-bond acceptors (Lipinski definition) is 1. The molecule has 0 aliphatic heterocycles. The molecular formula is C3H2I3KN2. The molecule has 9 heavy (non-hydrogen) atoms. The number of nitrogens with zero attached hydrogens (tertiary/aromatic N) is 1. The fourth-order valence-electron chi connectivity index (χ4n) is 0.287. The van der Waals surface area contributed by atoms with Gasteiger partial charge in [0.05, 0.1) is 3.57 Å². The van der Waals surface area contributed by atoms with Gasteiger partial charge in [0, 0.05) is 0 Å². The third-order valence-corrected chi connectivity index (χ3v) is 5.30. The molecule has 1 heterocycles. The molecule has 0 fully saturated rings. The van der Waals surface area contributed by atoms with Crippen LogP contribution in [-0.4, -0.2) is 61.6 Å². The maximum absolute atomic E-state index is 3.96. The molecule has 0 saturated carbocycles. The summed E-state index contributed by atoms with van der Waals surface area (Å²) in [6, 6.07) is 0. The van der Waals surface area contributed by atoms with Gasteiger partial charge in [-0.25, -0.2) is 0 Å². The standard InChI is InChI=1S/C3HI3N2.K.H/c4-1-2(5)7-8-3(1)6;;/h(H,7,8);;. The van der Waals surface area contributed by atoms with Crippen molar-refractivity contribution in [1.29, 1.82) is 0 Å². The van der Waals surface area contributed by atoms with Gasteiger partial charge >= 0.3 is 51.4 Å². The first-order valence-electron chi connectivity index (χ1n) is 1.76. The van der Waals surface area contributed by atoms with E-state index in [1.165, 1.54) is 3.57 Å². The summed E-state index contributed by atoms with van der Waals surface area (Å²) in [5.41, 5.74) is 0. The molecular weight excluding hydrogens is 484 g/mol. The van der Waals surface area contributed by atoms with E-state index in [9.17, 15) is 0 Å². The number of halogens is 3. The molecule has 2 nitrogen and oxygen atoms in total. The van der Waals surface area contributed by atoms with E-state index in [4.69, 9.17) is 0 Å². The Morgan fingerprint density at radius 1 is 1.22 bits per heavy atom. The van der Waals surface area contributed by atoms with Crippen molar-refractivity contribution in [2.75, 3.05) is 0 Å². The van der Waals surface area contributed by atoms with Crippen LogP contribution in [0.1, 0.15) is 0 Å². The summed E-state index contributed by atoms with van der Waals surface area (Å²) in [6.07, 6.45) is 0. The fourth-order valence-corrected chi connectivity index (χ4v) is 1.81. The van der Waals surface area contributed by atoms with E-state index in [0.717, 1.165) is 7.40 Å². The first-order valence-corrected chi connectivity index (χ1v) is 5.00. The first-order chi connectivity index (χ1) is 3.72. The van der Waals surface area contributed by atoms with Gasteiger partial charge in [0.15, 0.2) is 0 Å². The maximum atomic E-state index is 3.96. The van der Waals surface area contributed by atoms with Gasteiger partial charge in [0.2, 0.25) is 0 Å². The van der Waals surface area contributed by atoms with E-state index < -0.39 is 0 Å². The van der Waals surface area contributed by atoms with E-state index in [2.05, 4.69) is 78.0 Å². The number of hydrogen-bond donors (Lipinski definition) is 1. The topological polar surface area (TPSA) is 28.7 Å². The second-order valence-electron chi connectivity index (χ2n) is 1.14. The monoisotopic (exact) mass is 486 g/mol. The van der Waals surface area contributed by atoms with Gasteiger partial charge in [-0.1, -0.05) is 0 Å². The summed E-state index contributed by atoms with van der Waals surface area (Å²) in [5.74, 6) is 0. The Kier molecular flexibility index (Phi) is 7.55. The molecule has 1 aromatic rings. The molecule has 1 N–H and O–H groups in total. The molecule has 0 saturated heterocycles. The van der Waals surface area contributed by atoms with Gasteiger partial charge in [-0.2, -0.15) is 5.10 Å². The van der Waals surface area contributed by atoms with Crippen molar-refractivity contribution in [3.8, 4) is 0 Å². The summed E-state index contributed by atoms with van der Waals surface area (Å²) < 4.78 is 3.38. The van der Waals surface area contributed by atoms with Crippen LogP contribution in [0.2, 0.25) is 0 Å². The number of rotatable bonds is 0. The van der Waals surface area contributed by atoms with E-state index in [0.29, 0.717) is 0 Å². The van der Waals surface area contributed by atoms with Crippen LogP contribution in [0.15, 0.2) is 0 Å². The van der Waals surface area contributed by atoms with Crippen molar-refractivity contribution in [2.45, 2.75) is 0 Å². The Morgan fingerprint density at radius 3 is 1.89 bits per heavy atom. The van der Waals surface area contributed by atoms with Crippen molar-refractivity contribution in [3.05, 3.63) is 11.0 Å². The van der Waals surface area contributed by atoms with Crippen molar-refractivity contribution in [2.24, 2.45) is 0 Å².